The predicted molar refractivity (Wildman–Crippen MR) is 109 cm³/mol. The molecule has 3 aromatic rings. The van der Waals surface area contributed by atoms with E-state index in [1.54, 1.807) is 11.6 Å². The van der Waals surface area contributed by atoms with Crippen LogP contribution in [0, 0.1) is 0 Å². The first kappa shape index (κ1) is 19.3. The maximum Gasteiger partial charge on any atom is 0.270 e. The summed E-state index contributed by atoms with van der Waals surface area (Å²) in [6, 6.07) is 10.4. The van der Waals surface area contributed by atoms with Gasteiger partial charge in [0.1, 0.15) is 10.7 Å². The summed E-state index contributed by atoms with van der Waals surface area (Å²) in [5.41, 5.74) is 2.35. The Hall–Kier alpha value is -2.51. The molecule has 0 spiro atoms. The minimum absolute atomic E-state index is 0.132. The summed E-state index contributed by atoms with van der Waals surface area (Å²) in [5.74, 6) is -0.132. The van der Waals surface area contributed by atoms with E-state index in [1.165, 1.54) is 11.3 Å². The van der Waals surface area contributed by atoms with Crippen molar-refractivity contribution >= 4 is 17.2 Å². The number of nitrogens with zero attached hydrogens (tertiary/aromatic N) is 4. The van der Waals surface area contributed by atoms with Crippen LogP contribution >= 0.6 is 11.3 Å². The van der Waals surface area contributed by atoms with Gasteiger partial charge in [0, 0.05) is 36.3 Å². The Kier molecular flexibility index (Phi) is 6.36. The second kappa shape index (κ2) is 8.92. The molecule has 0 unspecified atom stereocenters. The molecule has 0 saturated carbocycles. The zero-order valence-electron chi connectivity index (χ0n) is 15.9. The van der Waals surface area contributed by atoms with Gasteiger partial charge in [0.15, 0.2) is 0 Å². The predicted octanol–water partition coefficient (Wildman–Crippen LogP) is 3.46. The van der Waals surface area contributed by atoms with Crippen molar-refractivity contribution in [2.24, 2.45) is 0 Å². The molecular weight excluding hydrogens is 358 g/mol. The topological polar surface area (TPSA) is 63.1 Å². The van der Waals surface area contributed by atoms with Crippen LogP contribution in [0.1, 0.15) is 31.3 Å². The van der Waals surface area contributed by atoms with Gasteiger partial charge in [0.25, 0.3) is 5.91 Å². The normalized spacial score (nSPS) is 11.3. The van der Waals surface area contributed by atoms with Crippen LogP contribution in [0.3, 0.4) is 0 Å². The molecular formula is C20H25N5OS. The van der Waals surface area contributed by atoms with Gasteiger partial charge in [0.2, 0.25) is 0 Å². The van der Waals surface area contributed by atoms with Gasteiger partial charge in [-0.05, 0) is 32.5 Å². The number of thiazole rings is 1. The number of hydrogen-bond donors (Lipinski definition) is 1. The highest BCUT2D eigenvalue weighted by Gasteiger charge is 2.14. The minimum Gasteiger partial charge on any atom is -0.349 e. The van der Waals surface area contributed by atoms with Crippen molar-refractivity contribution in [3.63, 3.8) is 0 Å². The fraction of sp³-hybridized carbons (Fsp3) is 0.350. The molecule has 0 bridgehead atoms. The first-order valence-electron chi connectivity index (χ1n) is 9.16. The van der Waals surface area contributed by atoms with E-state index < -0.39 is 0 Å². The van der Waals surface area contributed by atoms with Crippen LogP contribution in [0.4, 0.5) is 0 Å². The number of amides is 1. The van der Waals surface area contributed by atoms with Crippen LogP contribution in [0.25, 0.3) is 16.3 Å². The summed E-state index contributed by atoms with van der Waals surface area (Å²) < 4.78 is 1.81. The van der Waals surface area contributed by atoms with Crippen LogP contribution < -0.4 is 5.32 Å². The first-order valence-corrected chi connectivity index (χ1v) is 10.0. The lowest BCUT2D eigenvalue weighted by Gasteiger charge is -2.24. The number of para-hydroxylation sites is 1. The second-order valence-electron chi connectivity index (χ2n) is 6.53. The molecule has 1 aromatic carbocycles. The Morgan fingerprint density at radius 1 is 1.30 bits per heavy atom. The number of likely N-dealkylation sites (N-methyl/N-ethyl adjacent to an activating group) is 1. The van der Waals surface area contributed by atoms with Crippen molar-refractivity contribution in [1.82, 2.24) is 25.0 Å². The van der Waals surface area contributed by atoms with Gasteiger partial charge in [0.05, 0.1) is 11.9 Å². The molecule has 1 N–H and O–H groups in total. The summed E-state index contributed by atoms with van der Waals surface area (Å²) >= 11 is 1.45. The molecule has 2 aromatic heterocycles. The molecule has 0 radical (unpaired) electrons. The van der Waals surface area contributed by atoms with Gasteiger partial charge in [-0.2, -0.15) is 5.10 Å². The molecule has 0 saturated heterocycles. The van der Waals surface area contributed by atoms with E-state index in [0.717, 1.165) is 29.3 Å². The molecule has 3 rings (SSSR count). The van der Waals surface area contributed by atoms with Gasteiger partial charge in [-0.1, -0.05) is 25.1 Å². The lowest BCUT2D eigenvalue weighted by Crippen LogP contribution is -2.38. The van der Waals surface area contributed by atoms with Crippen molar-refractivity contribution in [1.29, 1.82) is 0 Å². The summed E-state index contributed by atoms with van der Waals surface area (Å²) in [6.45, 7) is 8.87. The van der Waals surface area contributed by atoms with Crippen LogP contribution in [0.5, 0.6) is 0 Å². The number of carbonyl (C=O) groups is 1. The third-order valence-corrected chi connectivity index (χ3v) is 5.30. The second-order valence-corrected chi connectivity index (χ2v) is 7.38. The minimum atomic E-state index is -0.132. The van der Waals surface area contributed by atoms with Gasteiger partial charge >= 0.3 is 0 Å². The van der Waals surface area contributed by atoms with E-state index in [-0.39, 0.29) is 5.91 Å². The smallest absolute Gasteiger partial charge is 0.270 e. The Morgan fingerprint density at radius 2 is 2.07 bits per heavy atom. The van der Waals surface area contributed by atoms with Crippen LogP contribution in [-0.2, 0) is 0 Å². The third kappa shape index (κ3) is 4.81. The molecule has 142 valence electrons. The number of carbonyl (C=O) groups excluding carboxylic acids is 1. The zero-order chi connectivity index (χ0) is 19.2. The highest BCUT2D eigenvalue weighted by molar-refractivity contribution is 7.13. The van der Waals surface area contributed by atoms with E-state index in [0.29, 0.717) is 18.3 Å². The molecule has 1 amide bonds. The van der Waals surface area contributed by atoms with Crippen LogP contribution in [0.2, 0.25) is 0 Å². The molecule has 0 atom stereocenters. The maximum absolute atomic E-state index is 12.3. The fourth-order valence-electron chi connectivity index (χ4n) is 2.85. The van der Waals surface area contributed by atoms with E-state index in [4.69, 9.17) is 0 Å². The van der Waals surface area contributed by atoms with Crippen molar-refractivity contribution in [3.8, 4) is 16.3 Å². The monoisotopic (exact) mass is 383 g/mol. The molecule has 0 aliphatic carbocycles. The number of hydrogen-bond acceptors (Lipinski definition) is 5. The SMILES string of the molecule is CCN(CCNC(=O)c1csc(-c2cnn(-c3ccccc3)c2)n1)C(C)C. The summed E-state index contributed by atoms with van der Waals surface area (Å²) in [6.07, 6.45) is 3.70. The molecule has 7 heteroatoms. The van der Waals surface area contributed by atoms with Gasteiger partial charge in [-0.25, -0.2) is 9.67 Å². The largest absolute Gasteiger partial charge is 0.349 e. The van der Waals surface area contributed by atoms with Crippen LogP contribution in [-0.4, -0.2) is 51.2 Å². The summed E-state index contributed by atoms with van der Waals surface area (Å²) in [4.78, 5) is 19.1. The Morgan fingerprint density at radius 3 is 2.78 bits per heavy atom. The quantitative estimate of drug-likeness (QED) is 0.647. The molecule has 0 aliphatic rings. The van der Waals surface area contributed by atoms with Gasteiger partial charge in [-0.15, -0.1) is 11.3 Å². The Labute approximate surface area is 163 Å². The fourth-order valence-corrected chi connectivity index (χ4v) is 3.63. The third-order valence-electron chi connectivity index (χ3n) is 4.41. The number of nitrogens with one attached hydrogen (secondary N) is 1. The number of benzene rings is 1. The average Bonchev–Trinajstić information content (AvgIpc) is 3.34. The molecule has 27 heavy (non-hydrogen) atoms. The van der Waals surface area contributed by atoms with Gasteiger partial charge in [-0.3, -0.25) is 9.69 Å². The van der Waals surface area contributed by atoms with E-state index in [2.05, 4.69) is 41.1 Å². The van der Waals surface area contributed by atoms with E-state index in [9.17, 15) is 4.79 Å². The van der Waals surface area contributed by atoms with Crippen LogP contribution in [0.15, 0.2) is 48.1 Å². The molecule has 2 heterocycles. The zero-order valence-corrected chi connectivity index (χ0v) is 16.7. The average molecular weight is 384 g/mol. The lowest BCUT2D eigenvalue weighted by molar-refractivity contribution is 0.0941. The molecule has 0 fully saturated rings. The highest BCUT2D eigenvalue weighted by Crippen LogP contribution is 2.24. The van der Waals surface area contributed by atoms with Gasteiger partial charge < -0.3 is 5.32 Å². The van der Waals surface area contributed by atoms with E-state index >= 15 is 0 Å². The van der Waals surface area contributed by atoms with E-state index in [1.807, 2.05) is 41.2 Å². The van der Waals surface area contributed by atoms with Crippen molar-refractivity contribution in [3.05, 3.63) is 53.8 Å². The lowest BCUT2D eigenvalue weighted by atomic mass is 10.3. The number of aromatic nitrogens is 3. The Balaban J connectivity index is 1.61. The summed E-state index contributed by atoms with van der Waals surface area (Å²) in [7, 11) is 0. The van der Waals surface area contributed by atoms with Crippen molar-refractivity contribution in [2.45, 2.75) is 26.8 Å². The standard InChI is InChI=1S/C20H25N5OS/c1-4-24(15(2)3)11-10-21-19(26)18-14-27-20(23-18)16-12-22-25(13-16)17-8-6-5-7-9-17/h5-9,12-15H,4,10-11H2,1-3H3,(H,21,26). The number of rotatable bonds is 8. The first-order chi connectivity index (χ1) is 13.1. The molecule has 0 aliphatic heterocycles. The Bertz CT molecular complexity index is 871. The maximum atomic E-state index is 12.3. The van der Waals surface area contributed by atoms with Crippen molar-refractivity contribution < 1.29 is 4.79 Å². The summed E-state index contributed by atoms with van der Waals surface area (Å²) in [5, 5.41) is 9.93. The highest BCUT2D eigenvalue weighted by atomic mass is 32.1. The molecule has 6 nitrogen and oxygen atoms in total. The van der Waals surface area contributed by atoms with Crippen molar-refractivity contribution in [2.75, 3.05) is 19.6 Å².